The van der Waals surface area contributed by atoms with Crippen molar-refractivity contribution in [3.63, 3.8) is 0 Å². The number of alkyl halides is 2. The van der Waals surface area contributed by atoms with Crippen LogP contribution in [0.3, 0.4) is 0 Å². The maximum absolute atomic E-state index is 12.5. The predicted molar refractivity (Wildman–Crippen MR) is 105 cm³/mol. The van der Waals surface area contributed by atoms with Crippen molar-refractivity contribution < 1.29 is 27.6 Å². The van der Waals surface area contributed by atoms with Crippen molar-refractivity contribution in [1.29, 1.82) is 0 Å². The lowest BCUT2D eigenvalue weighted by Gasteiger charge is -2.17. The van der Waals surface area contributed by atoms with E-state index in [1.807, 2.05) is 13.8 Å². The quantitative estimate of drug-likeness (QED) is 0.570. The molecule has 1 aromatic heterocycles. The van der Waals surface area contributed by atoms with Crippen molar-refractivity contribution in [2.24, 2.45) is 5.92 Å². The van der Waals surface area contributed by atoms with Crippen LogP contribution < -0.4 is 14.8 Å². The molecule has 1 aliphatic rings. The minimum atomic E-state index is -2.95. The van der Waals surface area contributed by atoms with Gasteiger partial charge in [-0.1, -0.05) is 25.1 Å². The molecule has 1 amide bonds. The molecule has 1 atom stereocenters. The Morgan fingerprint density at radius 2 is 2.10 bits per heavy atom. The molecule has 30 heavy (non-hydrogen) atoms. The first kappa shape index (κ1) is 21.7. The van der Waals surface area contributed by atoms with E-state index in [0.29, 0.717) is 23.2 Å². The molecule has 3 rings (SSSR count). The topological polar surface area (TPSA) is 86.5 Å². The summed E-state index contributed by atoms with van der Waals surface area (Å²) in [6, 6.07) is 4.06. The number of carbonyl (C=O) groups is 1. The zero-order chi connectivity index (χ0) is 21.7. The van der Waals surface area contributed by atoms with E-state index in [2.05, 4.69) is 20.2 Å². The summed E-state index contributed by atoms with van der Waals surface area (Å²) in [5.41, 5.74) is 0.602. The Hall–Kier alpha value is -2.97. The van der Waals surface area contributed by atoms with E-state index in [9.17, 15) is 13.6 Å². The fourth-order valence-electron chi connectivity index (χ4n) is 2.86. The monoisotopic (exact) mass is 421 g/mol. The van der Waals surface area contributed by atoms with Gasteiger partial charge in [-0.15, -0.1) is 0 Å². The summed E-state index contributed by atoms with van der Waals surface area (Å²) in [6.45, 7) is 2.98. The molecule has 1 N–H and O–H groups in total. The van der Waals surface area contributed by atoms with Crippen LogP contribution in [-0.4, -0.2) is 29.3 Å². The van der Waals surface area contributed by atoms with Crippen LogP contribution in [0.1, 0.15) is 62.9 Å². The molecular formula is C21H25F2N3O4. The number of halogens is 2. The Balaban J connectivity index is 1.68. The van der Waals surface area contributed by atoms with Crippen molar-refractivity contribution in [3.8, 4) is 11.5 Å². The number of amides is 1. The van der Waals surface area contributed by atoms with Gasteiger partial charge in [0.1, 0.15) is 6.04 Å². The number of aromatic nitrogens is 2. The molecule has 7 nitrogen and oxygen atoms in total. The van der Waals surface area contributed by atoms with Gasteiger partial charge in [-0.3, -0.25) is 4.79 Å². The first-order valence-corrected chi connectivity index (χ1v) is 9.91. The second-order valence-electron chi connectivity index (χ2n) is 7.35. The molecule has 0 aliphatic heterocycles. The average molecular weight is 421 g/mol. The van der Waals surface area contributed by atoms with Gasteiger partial charge in [0.05, 0.1) is 6.61 Å². The molecule has 0 bridgehead atoms. The lowest BCUT2D eigenvalue weighted by Crippen LogP contribution is -2.30. The van der Waals surface area contributed by atoms with Gasteiger partial charge < -0.3 is 19.3 Å². The van der Waals surface area contributed by atoms with Crippen LogP contribution in [-0.2, 0) is 4.79 Å². The van der Waals surface area contributed by atoms with Crippen molar-refractivity contribution in [2.75, 3.05) is 6.61 Å². The maximum atomic E-state index is 12.5. The number of rotatable bonds is 10. The molecule has 9 heteroatoms. The second-order valence-corrected chi connectivity index (χ2v) is 7.35. The number of benzene rings is 1. The normalized spacial score (nSPS) is 15.0. The van der Waals surface area contributed by atoms with Crippen molar-refractivity contribution in [2.45, 2.75) is 52.2 Å². The van der Waals surface area contributed by atoms with E-state index in [1.165, 1.54) is 18.2 Å². The lowest BCUT2D eigenvalue weighted by molar-refractivity contribution is -0.117. The van der Waals surface area contributed by atoms with E-state index in [4.69, 9.17) is 9.26 Å². The van der Waals surface area contributed by atoms with Gasteiger partial charge >= 0.3 is 6.61 Å². The minimum Gasteiger partial charge on any atom is -0.490 e. The number of hydrogen-bond donors (Lipinski definition) is 1. The highest BCUT2D eigenvalue weighted by Crippen LogP contribution is 2.38. The third-order valence-electron chi connectivity index (χ3n) is 4.54. The third kappa shape index (κ3) is 5.77. The van der Waals surface area contributed by atoms with Crippen LogP contribution in [0.15, 0.2) is 28.8 Å². The standard InChI is InChI=1S/C21H25F2N3O4/c1-4-28-16-11-13(5-9-15(16)29-21(22)23)6-10-17(27)24-18(12(2)3)20-25-19(26-30-20)14-7-8-14/h5-6,9-12,14,18,21H,4,7-8H2,1-3H3,(H,24,27)/b10-6-. The fraction of sp³-hybridized carbons (Fsp3) is 0.476. The first-order valence-electron chi connectivity index (χ1n) is 9.91. The van der Waals surface area contributed by atoms with E-state index in [1.54, 1.807) is 19.1 Å². The van der Waals surface area contributed by atoms with Gasteiger partial charge in [-0.25, -0.2) is 0 Å². The summed E-state index contributed by atoms with van der Waals surface area (Å²) in [4.78, 5) is 16.9. The first-order chi connectivity index (χ1) is 14.4. The van der Waals surface area contributed by atoms with Crippen LogP contribution >= 0.6 is 0 Å². The summed E-state index contributed by atoms with van der Waals surface area (Å²) in [6.07, 6.45) is 5.04. The van der Waals surface area contributed by atoms with E-state index in [0.717, 1.165) is 12.8 Å². The zero-order valence-corrected chi connectivity index (χ0v) is 17.1. The van der Waals surface area contributed by atoms with Crippen LogP contribution in [0.5, 0.6) is 11.5 Å². The highest BCUT2D eigenvalue weighted by atomic mass is 19.3. The molecule has 1 fully saturated rings. The summed E-state index contributed by atoms with van der Waals surface area (Å²) < 4.78 is 40.2. The van der Waals surface area contributed by atoms with Gasteiger partial charge in [-0.05, 0) is 49.5 Å². The average Bonchev–Trinajstić information content (AvgIpc) is 3.43. The molecule has 0 spiro atoms. The number of ether oxygens (including phenoxy) is 2. The number of hydrogen-bond acceptors (Lipinski definition) is 6. The summed E-state index contributed by atoms with van der Waals surface area (Å²) in [5.74, 6) is 1.27. The van der Waals surface area contributed by atoms with Gasteiger partial charge in [0.15, 0.2) is 17.3 Å². The molecule has 1 aromatic carbocycles. The molecular weight excluding hydrogens is 396 g/mol. The lowest BCUT2D eigenvalue weighted by atomic mass is 10.0. The molecule has 0 saturated heterocycles. The van der Waals surface area contributed by atoms with Gasteiger partial charge in [0.2, 0.25) is 11.8 Å². The SMILES string of the molecule is CCOc1cc(/C=C\C(=O)NC(c2nc(C3CC3)no2)C(C)C)ccc1OC(F)F. The van der Waals surface area contributed by atoms with Crippen molar-refractivity contribution in [3.05, 3.63) is 41.6 Å². The number of nitrogens with one attached hydrogen (secondary N) is 1. The molecule has 1 unspecified atom stereocenters. The van der Waals surface area contributed by atoms with Crippen LogP contribution in [0.4, 0.5) is 8.78 Å². The van der Waals surface area contributed by atoms with Crippen LogP contribution in [0.2, 0.25) is 0 Å². The molecule has 1 aliphatic carbocycles. The number of nitrogens with zero attached hydrogens (tertiary/aromatic N) is 2. The maximum Gasteiger partial charge on any atom is 0.387 e. The molecule has 1 saturated carbocycles. The number of carbonyl (C=O) groups excluding carboxylic acids is 1. The minimum absolute atomic E-state index is 0.0465. The van der Waals surface area contributed by atoms with Crippen molar-refractivity contribution in [1.82, 2.24) is 15.5 Å². The van der Waals surface area contributed by atoms with Crippen LogP contribution in [0, 0.1) is 5.92 Å². The molecule has 162 valence electrons. The molecule has 1 heterocycles. The zero-order valence-electron chi connectivity index (χ0n) is 17.1. The Kier molecular flexibility index (Phi) is 7.02. The van der Waals surface area contributed by atoms with E-state index < -0.39 is 12.7 Å². The Morgan fingerprint density at radius 3 is 2.73 bits per heavy atom. The molecule has 2 aromatic rings. The summed E-state index contributed by atoms with van der Waals surface area (Å²) in [5, 5.41) is 6.88. The smallest absolute Gasteiger partial charge is 0.387 e. The highest BCUT2D eigenvalue weighted by Gasteiger charge is 2.31. The Morgan fingerprint density at radius 1 is 1.33 bits per heavy atom. The summed E-state index contributed by atoms with van der Waals surface area (Å²) >= 11 is 0. The van der Waals surface area contributed by atoms with Gasteiger partial charge in [0, 0.05) is 12.0 Å². The van der Waals surface area contributed by atoms with Gasteiger partial charge in [-0.2, -0.15) is 13.8 Å². The van der Waals surface area contributed by atoms with E-state index in [-0.39, 0.29) is 29.9 Å². The van der Waals surface area contributed by atoms with Crippen LogP contribution in [0.25, 0.3) is 6.08 Å². The van der Waals surface area contributed by atoms with Gasteiger partial charge in [0.25, 0.3) is 0 Å². The fourth-order valence-corrected chi connectivity index (χ4v) is 2.86. The third-order valence-corrected chi connectivity index (χ3v) is 4.54. The highest BCUT2D eigenvalue weighted by molar-refractivity contribution is 5.92. The molecule has 0 radical (unpaired) electrons. The largest absolute Gasteiger partial charge is 0.490 e. The van der Waals surface area contributed by atoms with Crippen molar-refractivity contribution >= 4 is 12.0 Å². The Bertz CT molecular complexity index is 894. The summed E-state index contributed by atoms with van der Waals surface area (Å²) in [7, 11) is 0. The predicted octanol–water partition coefficient (Wildman–Crippen LogP) is 4.47. The second kappa shape index (κ2) is 9.69. The Labute approximate surface area is 173 Å². The van der Waals surface area contributed by atoms with E-state index >= 15 is 0 Å².